The number of hydrogen-bond acceptors (Lipinski definition) is 3. The third-order valence-corrected chi connectivity index (χ3v) is 8.74. The van der Waals surface area contributed by atoms with E-state index in [0.29, 0.717) is 36.0 Å². The fraction of sp³-hybridized carbons (Fsp3) is 0.321. The third kappa shape index (κ3) is 4.84. The van der Waals surface area contributed by atoms with E-state index in [0.717, 1.165) is 16.7 Å². The van der Waals surface area contributed by atoms with Crippen LogP contribution in [0.15, 0.2) is 65.6 Å². The standard InChI is InChI=1S/C28H30FNO3S/c1-19-15-20(2)28(21(3)16-19)34(32,33)30-18-24-11-5-4-10-23(24)17-26(30)27(31)14-8-12-22-9-6-7-13-25(22)29/h4-7,9-11,13,15-16,26H,8,12,14,17-18H2,1-3H3. The molecule has 0 aromatic heterocycles. The first-order valence-corrected chi connectivity index (χ1v) is 13.0. The smallest absolute Gasteiger partial charge is 0.244 e. The molecule has 3 aromatic carbocycles. The highest BCUT2D eigenvalue weighted by molar-refractivity contribution is 7.89. The van der Waals surface area contributed by atoms with Crippen molar-refractivity contribution in [1.29, 1.82) is 0 Å². The van der Waals surface area contributed by atoms with Gasteiger partial charge in [0.25, 0.3) is 0 Å². The average Bonchev–Trinajstić information content (AvgIpc) is 2.78. The Balaban J connectivity index is 1.64. The Kier molecular flexibility index (Phi) is 7.01. The zero-order chi connectivity index (χ0) is 24.5. The van der Waals surface area contributed by atoms with Crippen molar-refractivity contribution in [3.05, 3.63) is 99.9 Å². The minimum Gasteiger partial charge on any atom is -0.298 e. The molecule has 0 N–H and O–H groups in total. The number of aryl methyl sites for hydroxylation is 4. The number of benzene rings is 3. The lowest BCUT2D eigenvalue weighted by atomic mass is 9.92. The van der Waals surface area contributed by atoms with Gasteiger partial charge < -0.3 is 0 Å². The van der Waals surface area contributed by atoms with Crippen molar-refractivity contribution in [2.24, 2.45) is 0 Å². The number of rotatable bonds is 7. The van der Waals surface area contributed by atoms with Crippen LogP contribution >= 0.6 is 0 Å². The molecule has 1 aliphatic rings. The molecule has 178 valence electrons. The predicted octanol–water partition coefficient (Wildman–Crippen LogP) is 5.46. The van der Waals surface area contributed by atoms with Gasteiger partial charge in [-0.2, -0.15) is 4.31 Å². The first-order valence-electron chi connectivity index (χ1n) is 11.6. The summed E-state index contributed by atoms with van der Waals surface area (Å²) in [6, 6.07) is 17.2. The second-order valence-electron chi connectivity index (χ2n) is 9.18. The van der Waals surface area contributed by atoms with E-state index in [1.54, 1.807) is 32.0 Å². The van der Waals surface area contributed by atoms with Crippen molar-refractivity contribution in [2.45, 2.75) is 63.9 Å². The minimum atomic E-state index is -3.91. The van der Waals surface area contributed by atoms with E-state index >= 15 is 0 Å². The number of ketones is 1. The van der Waals surface area contributed by atoms with Crippen LogP contribution < -0.4 is 0 Å². The van der Waals surface area contributed by atoms with Gasteiger partial charge in [0.15, 0.2) is 5.78 Å². The summed E-state index contributed by atoms with van der Waals surface area (Å²) in [4.78, 5) is 13.7. The van der Waals surface area contributed by atoms with Crippen LogP contribution in [-0.2, 0) is 34.2 Å². The molecule has 1 aliphatic heterocycles. The molecule has 4 nitrogen and oxygen atoms in total. The molecule has 1 atom stereocenters. The molecule has 0 saturated carbocycles. The highest BCUT2D eigenvalue weighted by Crippen LogP contribution is 2.33. The van der Waals surface area contributed by atoms with Gasteiger partial charge in [0.05, 0.1) is 10.9 Å². The van der Waals surface area contributed by atoms with Crippen molar-refractivity contribution in [1.82, 2.24) is 4.31 Å². The van der Waals surface area contributed by atoms with Crippen molar-refractivity contribution in [2.75, 3.05) is 0 Å². The summed E-state index contributed by atoms with van der Waals surface area (Å²) in [7, 11) is -3.91. The predicted molar refractivity (Wildman–Crippen MR) is 132 cm³/mol. The Hall–Kier alpha value is -2.83. The van der Waals surface area contributed by atoms with Crippen LogP contribution in [0, 0.1) is 26.6 Å². The molecular formula is C28H30FNO3S. The van der Waals surface area contributed by atoms with Gasteiger partial charge >= 0.3 is 0 Å². The maximum absolute atomic E-state index is 14.0. The Morgan fingerprint density at radius 1 is 0.971 bits per heavy atom. The average molecular weight is 480 g/mol. The molecule has 0 spiro atoms. The first-order chi connectivity index (χ1) is 16.2. The van der Waals surface area contributed by atoms with E-state index < -0.39 is 16.1 Å². The van der Waals surface area contributed by atoms with E-state index in [1.165, 1.54) is 10.4 Å². The lowest BCUT2D eigenvalue weighted by Crippen LogP contribution is -2.48. The third-order valence-electron chi connectivity index (χ3n) is 6.58. The van der Waals surface area contributed by atoms with E-state index in [4.69, 9.17) is 0 Å². The summed E-state index contributed by atoms with van der Waals surface area (Å²) in [5, 5.41) is 0. The summed E-state index contributed by atoms with van der Waals surface area (Å²) in [5.74, 6) is -0.409. The molecular weight excluding hydrogens is 449 g/mol. The fourth-order valence-corrected chi connectivity index (χ4v) is 7.04. The van der Waals surface area contributed by atoms with E-state index in [-0.39, 0.29) is 29.5 Å². The first kappa shape index (κ1) is 24.3. The Bertz CT molecular complexity index is 1310. The topological polar surface area (TPSA) is 54.5 Å². The summed E-state index contributed by atoms with van der Waals surface area (Å²) in [6.45, 7) is 5.70. The van der Waals surface area contributed by atoms with Crippen LogP contribution in [0.1, 0.15) is 46.2 Å². The van der Waals surface area contributed by atoms with Gasteiger partial charge in [0.1, 0.15) is 5.82 Å². The zero-order valence-electron chi connectivity index (χ0n) is 19.8. The molecule has 0 saturated heterocycles. The van der Waals surface area contributed by atoms with Gasteiger partial charge in [0, 0.05) is 13.0 Å². The largest absolute Gasteiger partial charge is 0.298 e. The number of halogens is 1. The van der Waals surface area contributed by atoms with Gasteiger partial charge in [-0.3, -0.25) is 4.79 Å². The monoisotopic (exact) mass is 479 g/mol. The van der Waals surface area contributed by atoms with Crippen molar-refractivity contribution in [3.63, 3.8) is 0 Å². The van der Waals surface area contributed by atoms with E-state index in [9.17, 15) is 17.6 Å². The van der Waals surface area contributed by atoms with Gasteiger partial charge in [0.2, 0.25) is 10.0 Å². The molecule has 3 aromatic rings. The van der Waals surface area contributed by atoms with Gasteiger partial charge in [-0.25, -0.2) is 12.8 Å². The lowest BCUT2D eigenvalue weighted by molar-refractivity contribution is -0.123. The quantitative estimate of drug-likeness (QED) is 0.452. The number of hydrogen-bond donors (Lipinski definition) is 0. The summed E-state index contributed by atoms with van der Waals surface area (Å²) < 4.78 is 43.2. The van der Waals surface area contributed by atoms with Crippen LogP contribution in [0.25, 0.3) is 0 Å². The molecule has 0 bridgehead atoms. The van der Waals surface area contributed by atoms with Crippen LogP contribution in [-0.4, -0.2) is 24.5 Å². The molecule has 0 radical (unpaired) electrons. The van der Waals surface area contributed by atoms with Crippen LogP contribution in [0.2, 0.25) is 0 Å². The Labute approximate surface area is 201 Å². The van der Waals surface area contributed by atoms with Crippen LogP contribution in [0.3, 0.4) is 0 Å². The number of sulfonamides is 1. The van der Waals surface area contributed by atoms with Gasteiger partial charge in [-0.05, 0) is 73.9 Å². The van der Waals surface area contributed by atoms with Crippen LogP contribution in [0.4, 0.5) is 4.39 Å². The maximum atomic E-state index is 14.0. The Morgan fingerprint density at radius 2 is 1.59 bits per heavy atom. The van der Waals surface area contributed by atoms with Crippen LogP contribution in [0.5, 0.6) is 0 Å². The molecule has 34 heavy (non-hydrogen) atoms. The minimum absolute atomic E-state index is 0.128. The normalized spacial score (nSPS) is 16.3. The van der Waals surface area contributed by atoms with Gasteiger partial charge in [-0.15, -0.1) is 0 Å². The van der Waals surface area contributed by atoms with Crippen molar-refractivity contribution < 1.29 is 17.6 Å². The number of fused-ring (bicyclic) bond motifs is 1. The maximum Gasteiger partial charge on any atom is 0.244 e. The highest BCUT2D eigenvalue weighted by Gasteiger charge is 2.40. The highest BCUT2D eigenvalue weighted by atomic mass is 32.2. The van der Waals surface area contributed by atoms with Gasteiger partial charge in [-0.1, -0.05) is 60.2 Å². The molecule has 1 heterocycles. The summed E-state index contributed by atoms with van der Waals surface area (Å²) in [5.41, 5.74) is 4.85. The molecule has 0 fully saturated rings. The second kappa shape index (κ2) is 9.80. The SMILES string of the molecule is Cc1cc(C)c(S(=O)(=O)N2Cc3ccccc3CC2C(=O)CCCc2ccccc2F)c(C)c1. The van der Waals surface area contributed by atoms with E-state index in [1.807, 2.05) is 43.3 Å². The van der Waals surface area contributed by atoms with Crippen molar-refractivity contribution >= 4 is 15.8 Å². The zero-order valence-corrected chi connectivity index (χ0v) is 20.7. The lowest BCUT2D eigenvalue weighted by Gasteiger charge is -2.36. The molecule has 0 aliphatic carbocycles. The molecule has 6 heteroatoms. The number of Topliss-reactive ketones (excluding diaryl/α,β-unsaturated/α-hetero) is 1. The second-order valence-corrected chi connectivity index (χ2v) is 11.0. The number of carbonyl (C=O) groups is 1. The molecule has 0 amide bonds. The number of nitrogens with zero attached hydrogens (tertiary/aromatic N) is 1. The molecule has 4 rings (SSSR count). The van der Waals surface area contributed by atoms with Crippen molar-refractivity contribution in [3.8, 4) is 0 Å². The summed E-state index contributed by atoms with van der Waals surface area (Å²) in [6.07, 6.45) is 1.44. The number of carbonyl (C=O) groups excluding carboxylic acids is 1. The summed E-state index contributed by atoms with van der Waals surface area (Å²) >= 11 is 0. The Morgan fingerprint density at radius 3 is 2.26 bits per heavy atom. The van der Waals surface area contributed by atoms with E-state index in [2.05, 4.69) is 0 Å². The fourth-order valence-electron chi connectivity index (χ4n) is 5.04. The molecule has 1 unspecified atom stereocenters.